The van der Waals surface area contributed by atoms with Crippen LogP contribution in [0, 0.1) is 18.6 Å². The number of fused-ring (bicyclic) bond motifs is 1. The molecule has 1 N–H and O–H groups in total. The van der Waals surface area contributed by atoms with Gasteiger partial charge < -0.3 is 14.4 Å². The summed E-state index contributed by atoms with van der Waals surface area (Å²) >= 11 is 1.24. The maximum Gasteiger partial charge on any atom is 0.289 e. The smallest absolute Gasteiger partial charge is 0.289 e. The maximum atomic E-state index is 14.1. The van der Waals surface area contributed by atoms with Crippen LogP contribution in [0.4, 0.5) is 8.78 Å². The van der Waals surface area contributed by atoms with Gasteiger partial charge in [-0.1, -0.05) is 17.4 Å². The quantitative estimate of drug-likeness (QED) is 0.504. The Kier molecular flexibility index (Phi) is 5.14. The molecule has 11 heteroatoms. The number of aromatic nitrogens is 3. The van der Waals surface area contributed by atoms with Crippen molar-refractivity contribution in [3.8, 4) is 5.88 Å². The first kappa shape index (κ1) is 20.6. The van der Waals surface area contributed by atoms with Gasteiger partial charge in [0.2, 0.25) is 10.8 Å². The van der Waals surface area contributed by atoms with Crippen LogP contribution in [-0.2, 0) is 0 Å². The van der Waals surface area contributed by atoms with Crippen LogP contribution in [0.5, 0.6) is 5.88 Å². The summed E-state index contributed by atoms with van der Waals surface area (Å²) in [5, 5.41) is 15.1. The molecule has 1 saturated heterocycles. The fourth-order valence-electron chi connectivity index (χ4n) is 3.98. The van der Waals surface area contributed by atoms with Crippen LogP contribution in [0.15, 0.2) is 41.0 Å². The van der Waals surface area contributed by atoms with E-state index in [1.165, 1.54) is 28.2 Å². The number of hydrogen-bond acceptors (Lipinski definition) is 7. The number of aryl methyl sites for hydroxylation is 1. The van der Waals surface area contributed by atoms with Gasteiger partial charge in [-0.2, -0.15) is 4.52 Å². The Morgan fingerprint density at radius 1 is 1.19 bits per heavy atom. The number of rotatable bonds is 4. The van der Waals surface area contributed by atoms with Gasteiger partial charge in [0.15, 0.2) is 17.4 Å². The van der Waals surface area contributed by atoms with E-state index in [2.05, 4.69) is 10.1 Å². The van der Waals surface area contributed by atoms with Gasteiger partial charge in [-0.3, -0.25) is 9.69 Å². The van der Waals surface area contributed by atoms with E-state index in [1.807, 2.05) is 4.90 Å². The van der Waals surface area contributed by atoms with Crippen molar-refractivity contribution in [1.82, 2.24) is 24.4 Å². The lowest BCUT2D eigenvalue weighted by Gasteiger charge is -2.38. The fourth-order valence-corrected chi connectivity index (χ4v) is 5.14. The van der Waals surface area contributed by atoms with Crippen LogP contribution >= 0.6 is 11.3 Å². The third kappa shape index (κ3) is 3.53. The van der Waals surface area contributed by atoms with E-state index >= 15 is 0 Å². The van der Waals surface area contributed by atoms with Gasteiger partial charge >= 0.3 is 0 Å². The Labute approximate surface area is 185 Å². The van der Waals surface area contributed by atoms with Crippen LogP contribution in [-0.4, -0.2) is 61.6 Å². The molecule has 0 radical (unpaired) electrons. The van der Waals surface area contributed by atoms with E-state index in [0.29, 0.717) is 47.4 Å². The minimum absolute atomic E-state index is 0.0885. The molecule has 1 unspecified atom stereocenters. The summed E-state index contributed by atoms with van der Waals surface area (Å²) in [6, 6.07) is 6.44. The summed E-state index contributed by atoms with van der Waals surface area (Å²) in [7, 11) is 0. The number of aromatic hydroxyl groups is 1. The van der Waals surface area contributed by atoms with Crippen molar-refractivity contribution in [2.75, 3.05) is 26.2 Å². The average molecular weight is 459 g/mol. The monoisotopic (exact) mass is 459 g/mol. The van der Waals surface area contributed by atoms with Crippen molar-refractivity contribution < 1.29 is 23.1 Å². The number of benzene rings is 1. The number of hydrogen-bond donors (Lipinski definition) is 1. The largest absolute Gasteiger partial charge is 0.492 e. The van der Waals surface area contributed by atoms with Crippen molar-refractivity contribution in [3.63, 3.8) is 0 Å². The number of carbonyl (C=O) groups excluding carboxylic acids is 1. The third-order valence-electron chi connectivity index (χ3n) is 5.51. The maximum absolute atomic E-state index is 14.1. The molecule has 3 aromatic heterocycles. The zero-order valence-electron chi connectivity index (χ0n) is 17.0. The fraction of sp³-hybridized carbons (Fsp3) is 0.286. The van der Waals surface area contributed by atoms with Gasteiger partial charge in [0.25, 0.3) is 5.91 Å². The normalized spacial score (nSPS) is 16.0. The van der Waals surface area contributed by atoms with E-state index in [4.69, 9.17) is 4.42 Å². The first-order valence-electron chi connectivity index (χ1n) is 9.99. The molecule has 0 aliphatic carbocycles. The minimum Gasteiger partial charge on any atom is -0.492 e. The molecule has 166 valence electrons. The minimum atomic E-state index is -0.964. The molecule has 1 fully saturated rings. The number of amides is 1. The van der Waals surface area contributed by atoms with Gasteiger partial charge in [0, 0.05) is 26.2 Å². The number of carbonyl (C=O) groups is 1. The van der Waals surface area contributed by atoms with E-state index in [9.17, 15) is 18.7 Å². The number of piperazine rings is 1. The predicted octanol–water partition coefficient (Wildman–Crippen LogP) is 3.22. The molecule has 1 aliphatic heterocycles. The summed E-state index contributed by atoms with van der Waals surface area (Å²) in [5.74, 6) is -1.40. The highest BCUT2D eigenvalue weighted by Gasteiger charge is 2.33. The van der Waals surface area contributed by atoms with Crippen LogP contribution in [0.2, 0.25) is 0 Å². The molecule has 1 aromatic carbocycles. The Morgan fingerprint density at radius 3 is 2.62 bits per heavy atom. The zero-order valence-corrected chi connectivity index (χ0v) is 17.9. The van der Waals surface area contributed by atoms with Crippen molar-refractivity contribution >= 4 is 22.2 Å². The Bertz CT molecular complexity index is 1280. The van der Waals surface area contributed by atoms with E-state index < -0.39 is 17.7 Å². The number of halogens is 2. The van der Waals surface area contributed by atoms with E-state index in [1.54, 1.807) is 24.0 Å². The molecule has 1 atom stereocenters. The molecule has 0 spiro atoms. The third-order valence-corrected chi connectivity index (χ3v) is 6.58. The van der Waals surface area contributed by atoms with Gasteiger partial charge in [0.05, 0.1) is 17.2 Å². The molecular formula is C21H19F2N5O3S. The van der Waals surface area contributed by atoms with Crippen molar-refractivity contribution in [2.24, 2.45) is 0 Å². The molecule has 8 nitrogen and oxygen atoms in total. The topological polar surface area (TPSA) is 87.1 Å². The molecule has 1 aliphatic rings. The summed E-state index contributed by atoms with van der Waals surface area (Å²) in [5.41, 5.74) is 0.492. The van der Waals surface area contributed by atoms with E-state index in [0.717, 1.165) is 12.1 Å². The molecule has 32 heavy (non-hydrogen) atoms. The Hall–Kier alpha value is -3.31. The van der Waals surface area contributed by atoms with Gasteiger partial charge in [0.1, 0.15) is 5.82 Å². The molecule has 0 bridgehead atoms. The molecular weight excluding hydrogens is 440 g/mol. The van der Waals surface area contributed by atoms with Crippen molar-refractivity contribution in [3.05, 3.63) is 70.3 Å². The highest BCUT2D eigenvalue weighted by Crippen LogP contribution is 2.40. The molecule has 4 heterocycles. The zero-order chi connectivity index (χ0) is 22.4. The van der Waals surface area contributed by atoms with Gasteiger partial charge in [-0.05, 0) is 36.8 Å². The second-order valence-corrected chi connectivity index (χ2v) is 8.53. The number of thiazole rings is 1. The molecule has 5 rings (SSSR count). The van der Waals surface area contributed by atoms with E-state index in [-0.39, 0.29) is 17.5 Å². The number of nitrogens with zero attached hydrogens (tertiary/aromatic N) is 5. The highest BCUT2D eigenvalue weighted by atomic mass is 32.1. The second-order valence-electron chi connectivity index (χ2n) is 7.52. The summed E-state index contributed by atoms with van der Waals surface area (Å²) in [6.45, 7) is 3.48. The lowest BCUT2D eigenvalue weighted by Crippen LogP contribution is -2.49. The second kappa shape index (κ2) is 7.99. The van der Waals surface area contributed by atoms with Crippen molar-refractivity contribution in [1.29, 1.82) is 0 Å². The Morgan fingerprint density at radius 2 is 1.97 bits per heavy atom. The summed E-state index contributed by atoms with van der Waals surface area (Å²) < 4.78 is 34.3. The van der Waals surface area contributed by atoms with Crippen LogP contribution < -0.4 is 0 Å². The van der Waals surface area contributed by atoms with Gasteiger partial charge in [-0.15, -0.1) is 5.10 Å². The first-order valence-corrected chi connectivity index (χ1v) is 10.8. The molecule has 4 aromatic rings. The first-order chi connectivity index (χ1) is 15.4. The van der Waals surface area contributed by atoms with Crippen LogP contribution in [0.25, 0.3) is 4.96 Å². The highest BCUT2D eigenvalue weighted by molar-refractivity contribution is 7.17. The van der Waals surface area contributed by atoms with Gasteiger partial charge in [-0.25, -0.2) is 13.8 Å². The molecule has 1 amide bonds. The lowest BCUT2D eigenvalue weighted by molar-refractivity contribution is 0.0567. The molecule has 0 saturated carbocycles. The van der Waals surface area contributed by atoms with Crippen LogP contribution in [0.3, 0.4) is 0 Å². The van der Waals surface area contributed by atoms with Crippen LogP contribution in [0.1, 0.15) is 32.9 Å². The summed E-state index contributed by atoms with van der Waals surface area (Å²) in [6.07, 6.45) is 1.45. The number of furan rings is 1. The SMILES string of the molecule is Cc1nc2sc(C(c3ccc(F)c(F)c3)N3CCN(C(=O)c4ccco4)CC3)c(O)n2n1. The Balaban J connectivity index is 1.47. The standard InChI is InChI=1S/C21H19F2N5O3S/c1-12-24-21-28(25-12)20(30)18(32-21)17(13-4-5-14(22)15(23)11-13)26-6-8-27(9-7-26)19(29)16-3-2-10-31-16/h2-5,10-11,17,30H,6-9H2,1H3. The lowest BCUT2D eigenvalue weighted by atomic mass is 10.0. The average Bonchev–Trinajstić information content (AvgIpc) is 3.50. The van der Waals surface area contributed by atoms with Crippen molar-refractivity contribution in [2.45, 2.75) is 13.0 Å². The predicted molar refractivity (Wildman–Crippen MR) is 112 cm³/mol. The summed E-state index contributed by atoms with van der Waals surface area (Å²) in [4.78, 5) is 21.6.